The molecule has 2 aromatic rings. The molecule has 0 saturated carbocycles. The highest BCUT2D eigenvalue weighted by Gasteiger charge is 2.28. The zero-order valence-corrected chi connectivity index (χ0v) is 14.3. The fourth-order valence-corrected chi connectivity index (χ4v) is 3.27. The molecule has 7 nitrogen and oxygen atoms in total. The number of fused-ring (bicyclic) bond motifs is 1. The lowest BCUT2D eigenvalue weighted by Crippen LogP contribution is -2.42. The summed E-state index contributed by atoms with van der Waals surface area (Å²) in [6.07, 6.45) is 1.88. The van der Waals surface area contributed by atoms with Gasteiger partial charge in [0.2, 0.25) is 5.91 Å². The molecule has 0 radical (unpaired) electrons. The van der Waals surface area contributed by atoms with E-state index < -0.39 is 0 Å². The molecule has 25 heavy (non-hydrogen) atoms. The van der Waals surface area contributed by atoms with Crippen LogP contribution < -0.4 is 11.3 Å². The first-order valence-electron chi connectivity index (χ1n) is 8.61. The van der Waals surface area contributed by atoms with E-state index in [4.69, 9.17) is 5.73 Å². The van der Waals surface area contributed by atoms with Crippen molar-refractivity contribution in [2.24, 2.45) is 11.7 Å². The van der Waals surface area contributed by atoms with Crippen LogP contribution in [-0.2, 0) is 11.3 Å². The monoisotopic (exact) mass is 342 g/mol. The zero-order chi connectivity index (χ0) is 18.0. The third-order valence-electron chi connectivity index (χ3n) is 4.69. The molecule has 0 bridgehead atoms. The number of carbonyl (C=O) groups excluding carboxylic acids is 2. The maximum Gasteiger partial charge on any atom is 0.274 e. The average Bonchev–Trinajstić information content (AvgIpc) is 2.64. The molecule has 0 atom stereocenters. The lowest BCUT2D eigenvalue weighted by Gasteiger charge is -2.30. The average molecular weight is 342 g/mol. The predicted molar refractivity (Wildman–Crippen MR) is 94.1 cm³/mol. The van der Waals surface area contributed by atoms with Crippen molar-refractivity contribution < 1.29 is 9.59 Å². The number of amides is 2. The van der Waals surface area contributed by atoms with E-state index >= 15 is 0 Å². The number of carbonyl (C=O) groups is 2. The first kappa shape index (κ1) is 17.1. The van der Waals surface area contributed by atoms with Crippen LogP contribution in [0.2, 0.25) is 0 Å². The molecule has 1 aliphatic rings. The van der Waals surface area contributed by atoms with E-state index in [1.807, 2.05) is 6.92 Å². The maximum atomic E-state index is 13.0. The van der Waals surface area contributed by atoms with Crippen molar-refractivity contribution in [2.75, 3.05) is 13.1 Å². The molecule has 132 valence electrons. The standard InChI is InChI=1S/C18H22N4O3/c1-2-9-22-17(24)14-6-4-3-5-13(14)15(20-22)18(25)21-10-7-12(8-11-21)16(19)23/h3-6,12H,2,7-11H2,1H3,(H2,19,23). The van der Waals surface area contributed by atoms with E-state index in [1.54, 1.807) is 29.2 Å². The van der Waals surface area contributed by atoms with Gasteiger partial charge in [-0.15, -0.1) is 0 Å². The Labute approximate surface area is 145 Å². The quantitative estimate of drug-likeness (QED) is 0.901. The molecule has 3 rings (SSSR count). The zero-order valence-electron chi connectivity index (χ0n) is 14.3. The topological polar surface area (TPSA) is 98.3 Å². The van der Waals surface area contributed by atoms with E-state index in [-0.39, 0.29) is 23.3 Å². The van der Waals surface area contributed by atoms with E-state index in [0.717, 1.165) is 6.42 Å². The molecule has 0 unspecified atom stereocenters. The summed E-state index contributed by atoms with van der Waals surface area (Å²) in [6, 6.07) is 7.06. The number of piperidine rings is 1. The number of primary amides is 1. The van der Waals surface area contributed by atoms with Crippen molar-refractivity contribution in [2.45, 2.75) is 32.7 Å². The summed E-state index contributed by atoms with van der Waals surface area (Å²) in [7, 11) is 0. The second-order valence-electron chi connectivity index (χ2n) is 6.39. The fourth-order valence-electron chi connectivity index (χ4n) is 3.27. The van der Waals surface area contributed by atoms with Crippen LogP contribution in [0.25, 0.3) is 10.8 Å². The second-order valence-corrected chi connectivity index (χ2v) is 6.39. The van der Waals surface area contributed by atoms with E-state index in [9.17, 15) is 14.4 Å². The molecule has 2 heterocycles. The normalized spacial score (nSPS) is 15.5. The van der Waals surface area contributed by atoms with Crippen LogP contribution in [0.4, 0.5) is 0 Å². The van der Waals surface area contributed by atoms with Gasteiger partial charge in [-0.1, -0.05) is 25.1 Å². The molecule has 2 N–H and O–H groups in total. The van der Waals surface area contributed by atoms with Gasteiger partial charge < -0.3 is 10.6 Å². The number of likely N-dealkylation sites (tertiary alicyclic amines) is 1. The molecular formula is C18H22N4O3. The van der Waals surface area contributed by atoms with Gasteiger partial charge in [-0.05, 0) is 25.3 Å². The molecule has 0 spiro atoms. The molecule has 1 aromatic heterocycles. The Bertz CT molecular complexity index is 866. The molecular weight excluding hydrogens is 320 g/mol. The predicted octanol–water partition coefficient (Wildman–Crippen LogP) is 1.14. The molecule has 1 fully saturated rings. The Morgan fingerprint density at radius 3 is 2.44 bits per heavy atom. The lowest BCUT2D eigenvalue weighted by molar-refractivity contribution is -0.123. The van der Waals surface area contributed by atoms with Gasteiger partial charge in [0, 0.05) is 30.9 Å². The maximum absolute atomic E-state index is 13.0. The molecule has 1 aliphatic heterocycles. The van der Waals surface area contributed by atoms with Crippen molar-refractivity contribution >= 4 is 22.6 Å². The van der Waals surface area contributed by atoms with Gasteiger partial charge in [-0.25, -0.2) is 4.68 Å². The highest BCUT2D eigenvalue weighted by molar-refractivity contribution is 6.04. The number of nitrogens with zero attached hydrogens (tertiary/aromatic N) is 3. The van der Waals surface area contributed by atoms with Crippen LogP contribution in [0.5, 0.6) is 0 Å². The summed E-state index contributed by atoms with van der Waals surface area (Å²) in [5.41, 5.74) is 5.46. The van der Waals surface area contributed by atoms with E-state index in [0.29, 0.717) is 48.9 Å². The molecule has 1 saturated heterocycles. The highest BCUT2D eigenvalue weighted by atomic mass is 16.2. The van der Waals surface area contributed by atoms with E-state index in [2.05, 4.69) is 5.10 Å². The van der Waals surface area contributed by atoms with Gasteiger partial charge in [0.05, 0.1) is 5.39 Å². The van der Waals surface area contributed by atoms with Crippen molar-refractivity contribution in [3.8, 4) is 0 Å². The minimum atomic E-state index is -0.313. The number of rotatable bonds is 4. The largest absolute Gasteiger partial charge is 0.369 e. The summed E-state index contributed by atoms with van der Waals surface area (Å²) < 4.78 is 1.37. The summed E-state index contributed by atoms with van der Waals surface area (Å²) in [5, 5.41) is 5.41. The van der Waals surface area contributed by atoms with Crippen molar-refractivity contribution in [1.29, 1.82) is 0 Å². The fraction of sp³-hybridized carbons (Fsp3) is 0.444. The van der Waals surface area contributed by atoms with Crippen molar-refractivity contribution in [1.82, 2.24) is 14.7 Å². The number of aromatic nitrogens is 2. The number of benzene rings is 1. The number of hydrogen-bond donors (Lipinski definition) is 1. The Kier molecular flexibility index (Phi) is 4.83. The first-order chi connectivity index (χ1) is 12.0. The minimum absolute atomic E-state index is 0.178. The van der Waals surface area contributed by atoms with Gasteiger partial charge in [-0.2, -0.15) is 5.10 Å². The lowest BCUT2D eigenvalue weighted by atomic mass is 9.96. The third-order valence-corrected chi connectivity index (χ3v) is 4.69. The van der Waals surface area contributed by atoms with E-state index in [1.165, 1.54) is 4.68 Å². The van der Waals surface area contributed by atoms with Crippen LogP contribution in [0, 0.1) is 5.92 Å². The van der Waals surface area contributed by atoms with Crippen molar-refractivity contribution in [3.05, 3.63) is 40.3 Å². The Morgan fingerprint density at radius 2 is 1.84 bits per heavy atom. The van der Waals surface area contributed by atoms with Gasteiger partial charge in [0.15, 0.2) is 5.69 Å². The van der Waals surface area contributed by atoms with Crippen LogP contribution in [0.1, 0.15) is 36.7 Å². The van der Waals surface area contributed by atoms with Gasteiger partial charge in [0.25, 0.3) is 11.5 Å². The van der Waals surface area contributed by atoms with Gasteiger partial charge in [-0.3, -0.25) is 14.4 Å². The minimum Gasteiger partial charge on any atom is -0.369 e. The smallest absolute Gasteiger partial charge is 0.274 e. The van der Waals surface area contributed by atoms with Crippen LogP contribution in [0.15, 0.2) is 29.1 Å². The molecule has 1 aromatic carbocycles. The molecule has 7 heteroatoms. The number of aryl methyl sites for hydroxylation is 1. The SMILES string of the molecule is CCCn1nc(C(=O)N2CCC(C(N)=O)CC2)c2ccccc2c1=O. The first-order valence-corrected chi connectivity index (χ1v) is 8.61. The van der Waals surface area contributed by atoms with Crippen LogP contribution >= 0.6 is 0 Å². The summed E-state index contributed by atoms with van der Waals surface area (Å²) in [5.74, 6) is -0.695. The number of hydrogen-bond acceptors (Lipinski definition) is 4. The van der Waals surface area contributed by atoms with Crippen LogP contribution in [-0.4, -0.2) is 39.6 Å². The third kappa shape index (κ3) is 3.26. The Morgan fingerprint density at radius 1 is 1.20 bits per heavy atom. The van der Waals surface area contributed by atoms with Crippen molar-refractivity contribution in [3.63, 3.8) is 0 Å². The van der Waals surface area contributed by atoms with Crippen LogP contribution in [0.3, 0.4) is 0 Å². The molecule has 0 aliphatic carbocycles. The van der Waals surface area contributed by atoms with Gasteiger partial charge in [0.1, 0.15) is 0 Å². The molecule has 2 amide bonds. The summed E-state index contributed by atoms with van der Waals surface area (Å²) in [6.45, 7) is 3.36. The summed E-state index contributed by atoms with van der Waals surface area (Å²) in [4.78, 5) is 38.5. The number of nitrogens with two attached hydrogens (primary N) is 1. The Balaban J connectivity index is 1.97. The Hall–Kier alpha value is -2.70. The highest BCUT2D eigenvalue weighted by Crippen LogP contribution is 2.21. The summed E-state index contributed by atoms with van der Waals surface area (Å²) >= 11 is 0. The second kappa shape index (κ2) is 7.04. The van der Waals surface area contributed by atoms with Gasteiger partial charge >= 0.3 is 0 Å².